The topological polar surface area (TPSA) is 76.8 Å². The molecule has 7 heteroatoms. The molecule has 7 nitrogen and oxygen atoms in total. The number of Topliss-reactive ketones (excluding diaryl/α,β-unsaturated/α-hetero) is 1. The molecule has 1 aromatic carbocycles. The van der Waals surface area contributed by atoms with Gasteiger partial charge in [0, 0.05) is 48.2 Å². The van der Waals surface area contributed by atoms with Crippen LogP contribution in [0.25, 0.3) is 22.2 Å². The normalized spacial score (nSPS) is 19.0. The molecule has 1 saturated heterocycles. The van der Waals surface area contributed by atoms with E-state index in [0.29, 0.717) is 16.8 Å². The highest BCUT2D eigenvalue weighted by atomic mass is 16.1. The Labute approximate surface area is 186 Å². The Morgan fingerprint density at radius 2 is 1.94 bits per heavy atom. The average Bonchev–Trinajstić information content (AvgIpc) is 3.26. The van der Waals surface area contributed by atoms with E-state index < -0.39 is 13.0 Å². The summed E-state index contributed by atoms with van der Waals surface area (Å²) in [6.07, 6.45) is 3.32. The molecular formula is C24H24N6O. The van der Waals surface area contributed by atoms with E-state index in [1.165, 1.54) is 12.3 Å². The molecule has 1 fully saturated rings. The average molecular weight is 417 g/mol. The Kier molecular flexibility index (Phi) is 3.88. The van der Waals surface area contributed by atoms with Crippen molar-refractivity contribution in [2.45, 2.75) is 26.2 Å². The lowest BCUT2D eigenvalue weighted by Crippen LogP contribution is -2.19. The molecule has 1 aliphatic rings. The van der Waals surface area contributed by atoms with Crippen molar-refractivity contribution in [1.29, 1.82) is 0 Å². The van der Waals surface area contributed by atoms with Crippen molar-refractivity contribution < 1.29 is 10.3 Å². The van der Waals surface area contributed by atoms with Gasteiger partial charge >= 0.3 is 0 Å². The lowest BCUT2D eigenvalue weighted by atomic mass is 10.0. The monoisotopic (exact) mass is 416 g/mol. The minimum absolute atomic E-state index is 0.00122. The summed E-state index contributed by atoms with van der Waals surface area (Å²) in [5.74, 6) is 0.774. The maximum Gasteiger partial charge on any atom is 0.169 e. The molecule has 0 atom stereocenters. The predicted molar refractivity (Wildman–Crippen MR) is 120 cm³/mol. The molecule has 3 aromatic heterocycles. The molecule has 0 bridgehead atoms. The van der Waals surface area contributed by atoms with E-state index in [2.05, 4.69) is 20.2 Å². The molecule has 0 unspecified atom stereocenters. The summed E-state index contributed by atoms with van der Waals surface area (Å²) in [4.78, 5) is 22.6. The number of benzene rings is 1. The summed E-state index contributed by atoms with van der Waals surface area (Å²) in [7, 11) is 1.96. The third-order valence-corrected chi connectivity index (χ3v) is 5.46. The molecule has 1 aliphatic heterocycles. The van der Waals surface area contributed by atoms with Gasteiger partial charge in [-0.1, -0.05) is 6.07 Å². The first kappa shape index (κ1) is 15.2. The number of aryl methyl sites for hydroxylation is 1. The number of rotatable bonds is 5. The molecule has 156 valence electrons. The highest BCUT2D eigenvalue weighted by Crippen LogP contribution is 2.24. The fourth-order valence-corrected chi connectivity index (χ4v) is 3.64. The Bertz CT molecular complexity index is 1440. The van der Waals surface area contributed by atoms with Crippen molar-refractivity contribution in [2.24, 2.45) is 7.05 Å². The number of ketones is 1. The molecule has 0 aliphatic carbocycles. The molecule has 0 N–H and O–H groups in total. The summed E-state index contributed by atoms with van der Waals surface area (Å²) >= 11 is 0. The number of carbonyl (C=O) groups excluding carboxylic acids is 1. The van der Waals surface area contributed by atoms with Crippen LogP contribution in [0.4, 0.5) is 5.82 Å². The Balaban J connectivity index is 1.42. The van der Waals surface area contributed by atoms with Gasteiger partial charge in [-0.05, 0) is 50.1 Å². The van der Waals surface area contributed by atoms with Crippen LogP contribution in [-0.2, 0) is 13.5 Å². The smallest absolute Gasteiger partial charge is 0.169 e. The van der Waals surface area contributed by atoms with Crippen molar-refractivity contribution in [1.82, 2.24) is 24.7 Å². The van der Waals surface area contributed by atoms with Gasteiger partial charge in [0.25, 0.3) is 0 Å². The van der Waals surface area contributed by atoms with Gasteiger partial charge in [-0.2, -0.15) is 10.2 Å². The molecule has 0 radical (unpaired) electrons. The molecule has 0 spiro atoms. The maximum atomic E-state index is 13.1. The van der Waals surface area contributed by atoms with Crippen LogP contribution in [0.15, 0.2) is 48.8 Å². The number of aromatic nitrogens is 5. The van der Waals surface area contributed by atoms with E-state index in [9.17, 15) is 4.79 Å². The van der Waals surface area contributed by atoms with E-state index in [4.69, 9.17) is 5.48 Å². The van der Waals surface area contributed by atoms with Crippen molar-refractivity contribution in [2.75, 3.05) is 17.9 Å². The van der Waals surface area contributed by atoms with Gasteiger partial charge in [0.05, 0.1) is 29.5 Å². The standard InChI is InChI=1S/C24H24N6O/c1-16-26-15-22(29(16)2)17-5-6-21-19(11-17)12-20(27-28-21)14-23(31)18-7-8-25-24(13-18)30-9-3-4-10-30/h5-8,11-13,15H,3-4,9-10,14H2,1-2H3/i9D2,10D2. The maximum absolute atomic E-state index is 13.1. The van der Waals surface area contributed by atoms with Gasteiger partial charge in [0.15, 0.2) is 5.78 Å². The van der Waals surface area contributed by atoms with E-state index in [-0.39, 0.29) is 30.9 Å². The van der Waals surface area contributed by atoms with E-state index in [1.54, 1.807) is 6.07 Å². The summed E-state index contributed by atoms with van der Waals surface area (Å²) in [6.45, 7) is -1.83. The lowest BCUT2D eigenvalue weighted by molar-refractivity contribution is 0.0991. The molecular weight excluding hydrogens is 388 g/mol. The van der Waals surface area contributed by atoms with Crippen LogP contribution in [0.2, 0.25) is 0 Å². The van der Waals surface area contributed by atoms with Crippen molar-refractivity contribution in [3.8, 4) is 11.3 Å². The summed E-state index contributed by atoms with van der Waals surface area (Å²) in [6, 6.07) is 10.7. The predicted octanol–water partition coefficient (Wildman–Crippen LogP) is 3.76. The van der Waals surface area contributed by atoms with Crippen LogP contribution >= 0.6 is 0 Å². The molecule has 4 aromatic rings. The van der Waals surface area contributed by atoms with Crippen molar-refractivity contribution in [3.05, 3.63) is 65.9 Å². The zero-order valence-corrected chi connectivity index (χ0v) is 17.3. The number of anilines is 1. The van der Waals surface area contributed by atoms with Crippen LogP contribution in [-0.4, -0.2) is 43.5 Å². The van der Waals surface area contributed by atoms with Crippen molar-refractivity contribution >= 4 is 22.5 Å². The van der Waals surface area contributed by atoms with Gasteiger partial charge in [-0.3, -0.25) is 4.79 Å². The van der Waals surface area contributed by atoms with E-state index in [0.717, 1.165) is 27.4 Å². The van der Waals surface area contributed by atoms with Crippen LogP contribution in [0, 0.1) is 6.92 Å². The highest BCUT2D eigenvalue weighted by Gasteiger charge is 2.16. The molecule has 0 saturated carbocycles. The number of hydrogen-bond acceptors (Lipinski definition) is 6. The van der Waals surface area contributed by atoms with Gasteiger partial charge in [-0.15, -0.1) is 0 Å². The molecule has 5 rings (SSSR count). The Morgan fingerprint density at radius 1 is 1.10 bits per heavy atom. The number of imidazole rings is 1. The van der Waals surface area contributed by atoms with Crippen LogP contribution in [0.5, 0.6) is 0 Å². The number of carbonyl (C=O) groups is 1. The van der Waals surface area contributed by atoms with E-state index >= 15 is 0 Å². The van der Waals surface area contributed by atoms with Crippen molar-refractivity contribution in [3.63, 3.8) is 0 Å². The van der Waals surface area contributed by atoms with Gasteiger partial charge < -0.3 is 9.47 Å². The number of nitrogens with zero attached hydrogens (tertiary/aromatic N) is 6. The van der Waals surface area contributed by atoms with Crippen LogP contribution < -0.4 is 4.90 Å². The number of fused-ring (bicyclic) bond motifs is 1. The Morgan fingerprint density at radius 3 is 2.71 bits per heavy atom. The third-order valence-electron chi connectivity index (χ3n) is 5.46. The first-order valence-electron chi connectivity index (χ1n) is 12.1. The van der Waals surface area contributed by atoms with Gasteiger partial charge in [0.2, 0.25) is 0 Å². The summed E-state index contributed by atoms with van der Waals surface area (Å²) in [5, 5.41) is 9.33. The van der Waals surface area contributed by atoms with Crippen LogP contribution in [0.3, 0.4) is 0 Å². The lowest BCUT2D eigenvalue weighted by Gasteiger charge is -2.16. The van der Waals surface area contributed by atoms with E-state index in [1.807, 2.05) is 49.0 Å². The molecule has 0 amide bonds. The second kappa shape index (κ2) is 7.91. The zero-order chi connectivity index (χ0) is 25.0. The largest absolute Gasteiger partial charge is 0.357 e. The van der Waals surface area contributed by atoms with Gasteiger partial charge in [0.1, 0.15) is 11.6 Å². The summed E-state index contributed by atoms with van der Waals surface area (Å²) in [5.41, 5.74) is 3.50. The molecule has 31 heavy (non-hydrogen) atoms. The fraction of sp³-hybridized carbons (Fsp3) is 0.292. The SMILES string of the molecule is [2H]C1([2H])CCC([2H])([2H])N1c1cc(C(=O)Cc2cc3cc(-c4cnc(C)n4C)ccc3nn2)ccn1. The third kappa shape index (κ3) is 3.79. The highest BCUT2D eigenvalue weighted by molar-refractivity contribution is 5.98. The Hall–Kier alpha value is -3.61. The first-order valence-corrected chi connectivity index (χ1v) is 10.1. The number of pyridine rings is 1. The second-order valence-corrected chi connectivity index (χ2v) is 7.51. The molecule has 4 heterocycles. The minimum atomic E-state index is -1.88. The summed E-state index contributed by atoms with van der Waals surface area (Å²) < 4.78 is 34.7. The second-order valence-electron chi connectivity index (χ2n) is 7.51. The zero-order valence-electron chi connectivity index (χ0n) is 21.3. The van der Waals surface area contributed by atoms with Gasteiger partial charge in [-0.25, -0.2) is 9.97 Å². The van der Waals surface area contributed by atoms with Crippen LogP contribution in [0.1, 0.15) is 40.2 Å². The fourth-order valence-electron chi connectivity index (χ4n) is 3.64. The quantitative estimate of drug-likeness (QED) is 0.461. The number of hydrogen-bond donors (Lipinski definition) is 0. The first-order chi connectivity index (χ1) is 16.5. The minimum Gasteiger partial charge on any atom is -0.357 e.